The first kappa shape index (κ1) is 19.2. The zero-order valence-corrected chi connectivity index (χ0v) is 17.0. The van der Waals surface area contributed by atoms with Gasteiger partial charge in [0.25, 0.3) is 0 Å². The minimum Gasteiger partial charge on any atom is -0.375 e. The fraction of sp³-hybridized carbons (Fsp3) is 0.458. The summed E-state index contributed by atoms with van der Waals surface area (Å²) in [5.74, 6) is 0.0527. The van der Waals surface area contributed by atoms with Gasteiger partial charge in [-0.25, -0.2) is 0 Å². The van der Waals surface area contributed by atoms with Crippen molar-refractivity contribution in [3.05, 3.63) is 59.2 Å². The molecule has 0 radical (unpaired) electrons. The number of likely N-dealkylation sites (tertiary alicyclic amines) is 1. The molecule has 2 aliphatic heterocycles. The summed E-state index contributed by atoms with van der Waals surface area (Å²) in [6, 6.07) is 16.3. The van der Waals surface area contributed by atoms with E-state index in [1.165, 1.54) is 47.2 Å². The molecule has 0 saturated carbocycles. The Morgan fingerprint density at radius 1 is 1.07 bits per heavy atom. The monoisotopic (exact) mass is 378 g/mol. The Morgan fingerprint density at radius 2 is 1.82 bits per heavy atom. The molecule has 1 atom stereocenters. The predicted octanol–water partition coefficient (Wildman–Crippen LogP) is 3.87. The fourth-order valence-electron chi connectivity index (χ4n) is 4.43. The van der Waals surface area contributed by atoms with Gasteiger partial charge >= 0.3 is 0 Å². The lowest BCUT2D eigenvalue weighted by atomic mass is 9.99. The van der Waals surface area contributed by atoms with Crippen molar-refractivity contribution in [2.45, 2.75) is 45.3 Å². The number of carbonyl (C=O) groups excluding carboxylic acids is 1. The molecule has 1 saturated heterocycles. The highest BCUT2D eigenvalue weighted by Gasteiger charge is 2.23. The number of amides is 1. The summed E-state index contributed by atoms with van der Waals surface area (Å²) in [4.78, 5) is 16.5. The Balaban J connectivity index is 1.40. The van der Waals surface area contributed by atoms with Gasteiger partial charge < -0.3 is 14.5 Å². The Kier molecular flexibility index (Phi) is 5.79. The molecule has 4 heteroatoms. The molecule has 1 amide bonds. The second kappa shape index (κ2) is 8.46. The van der Waals surface area contributed by atoms with Crippen LogP contribution < -0.4 is 0 Å². The third-order valence-electron chi connectivity index (χ3n) is 6.21. The normalized spacial score (nSPS) is 19.2. The molecule has 4 rings (SSSR count). The van der Waals surface area contributed by atoms with E-state index >= 15 is 0 Å². The minimum absolute atomic E-state index is 0.0527. The highest BCUT2D eigenvalue weighted by atomic mass is 16.5. The van der Waals surface area contributed by atoms with Crippen LogP contribution in [0.1, 0.15) is 36.5 Å². The van der Waals surface area contributed by atoms with Gasteiger partial charge in [0.05, 0.1) is 0 Å². The lowest BCUT2D eigenvalue weighted by Crippen LogP contribution is -2.28. The molecule has 0 N–H and O–H groups in total. The highest BCUT2D eigenvalue weighted by molar-refractivity contribution is 5.78. The van der Waals surface area contributed by atoms with Crippen LogP contribution in [-0.2, 0) is 29.0 Å². The Bertz CT molecular complexity index is 831. The van der Waals surface area contributed by atoms with Crippen LogP contribution in [0, 0.1) is 0 Å². The quantitative estimate of drug-likeness (QED) is 0.765. The van der Waals surface area contributed by atoms with Gasteiger partial charge in [0.15, 0.2) is 0 Å². The van der Waals surface area contributed by atoms with Gasteiger partial charge in [-0.2, -0.15) is 0 Å². The number of methoxy groups -OCH3 is 1. The van der Waals surface area contributed by atoms with E-state index in [2.05, 4.69) is 54.3 Å². The van der Waals surface area contributed by atoms with Crippen LogP contribution in [0.5, 0.6) is 0 Å². The number of hydrogen-bond donors (Lipinski definition) is 0. The summed E-state index contributed by atoms with van der Waals surface area (Å²) >= 11 is 0. The van der Waals surface area contributed by atoms with Crippen molar-refractivity contribution in [3.8, 4) is 11.1 Å². The molecule has 2 heterocycles. The molecule has 0 aliphatic carbocycles. The topological polar surface area (TPSA) is 32.8 Å². The smallest absolute Gasteiger partial charge is 0.249 e. The third kappa shape index (κ3) is 4.13. The van der Waals surface area contributed by atoms with E-state index in [0.29, 0.717) is 13.1 Å². The largest absolute Gasteiger partial charge is 0.375 e. The van der Waals surface area contributed by atoms with Crippen LogP contribution in [0.15, 0.2) is 42.5 Å². The number of benzene rings is 2. The van der Waals surface area contributed by atoms with E-state index in [1.807, 2.05) is 4.90 Å². The van der Waals surface area contributed by atoms with E-state index in [-0.39, 0.29) is 12.5 Å². The summed E-state index contributed by atoms with van der Waals surface area (Å²) in [6.07, 6.45) is 3.80. The first-order valence-corrected chi connectivity index (χ1v) is 10.4. The maximum atomic E-state index is 12.1. The molecule has 0 spiro atoms. The lowest BCUT2D eigenvalue weighted by Gasteiger charge is -2.20. The second-order valence-corrected chi connectivity index (χ2v) is 8.14. The standard InChI is InChI=1S/C24H30N2O2/c1-18-4-3-12-25(18)13-11-19-5-7-20(8-6-19)21-9-10-22-15-26(16-23(22)14-21)24(27)17-28-2/h5-10,14,18H,3-4,11-13,15-17H2,1-2H3/t18-/m1/s1. The van der Waals surface area contributed by atoms with Gasteiger partial charge in [-0.1, -0.05) is 36.4 Å². The van der Waals surface area contributed by atoms with Crippen molar-refractivity contribution in [2.24, 2.45) is 0 Å². The molecule has 0 unspecified atom stereocenters. The zero-order chi connectivity index (χ0) is 19.5. The summed E-state index contributed by atoms with van der Waals surface area (Å²) in [5, 5.41) is 0. The summed E-state index contributed by atoms with van der Waals surface area (Å²) < 4.78 is 4.98. The number of fused-ring (bicyclic) bond motifs is 1. The Labute approximate surface area is 168 Å². The molecule has 2 aliphatic rings. The maximum Gasteiger partial charge on any atom is 0.249 e. The summed E-state index contributed by atoms with van der Waals surface area (Å²) in [6.45, 7) is 6.26. The van der Waals surface area contributed by atoms with E-state index in [4.69, 9.17) is 4.74 Å². The molecule has 148 valence electrons. The highest BCUT2D eigenvalue weighted by Crippen LogP contribution is 2.29. The van der Waals surface area contributed by atoms with Crippen molar-refractivity contribution in [3.63, 3.8) is 0 Å². The van der Waals surface area contributed by atoms with Crippen LogP contribution >= 0.6 is 0 Å². The van der Waals surface area contributed by atoms with Crippen molar-refractivity contribution < 1.29 is 9.53 Å². The first-order chi connectivity index (χ1) is 13.6. The van der Waals surface area contributed by atoms with E-state index in [0.717, 1.165) is 19.0 Å². The molecular formula is C24H30N2O2. The molecule has 0 bridgehead atoms. The van der Waals surface area contributed by atoms with Crippen molar-refractivity contribution in [1.82, 2.24) is 9.80 Å². The molecule has 4 nitrogen and oxygen atoms in total. The van der Waals surface area contributed by atoms with Gasteiger partial charge in [0, 0.05) is 32.8 Å². The van der Waals surface area contributed by atoms with Crippen LogP contribution in [0.25, 0.3) is 11.1 Å². The number of carbonyl (C=O) groups is 1. The van der Waals surface area contributed by atoms with E-state index < -0.39 is 0 Å². The van der Waals surface area contributed by atoms with Crippen LogP contribution in [0.4, 0.5) is 0 Å². The van der Waals surface area contributed by atoms with Crippen LogP contribution in [0.3, 0.4) is 0 Å². The fourth-order valence-corrected chi connectivity index (χ4v) is 4.43. The van der Waals surface area contributed by atoms with Gasteiger partial charge in [0.1, 0.15) is 6.61 Å². The molecular weight excluding hydrogens is 348 g/mol. The second-order valence-electron chi connectivity index (χ2n) is 8.14. The van der Waals surface area contributed by atoms with Gasteiger partial charge in [-0.3, -0.25) is 4.79 Å². The SMILES string of the molecule is COCC(=O)N1Cc2ccc(-c3ccc(CCN4CCC[C@H]4C)cc3)cc2C1. The van der Waals surface area contributed by atoms with Crippen molar-refractivity contribution in [2.75, 3.05) is 26.8 Å². The number of ether oxygens (including phenoxy) is 1. The van der Waals surface area contributed by atoms with Gasteiger partial charge in [-0.05, 0) is 66.6 Å². The average molecular weight is 379 g/mol. The van der Waals surface area contributed by atoms with Gasteiger partial charge in [0.2, 0.25) is 5.91 Å². The summed E-state index contributed by atoms with van der Waals surface area (Å²) in [5.41, 5.74) is 6.35. The predicted molar refractivity (Wildman–Crippen MR) is 112 cm³/mol. The number of nitrogens with zero attached hydrogens (tertiary/aromatic N) is 2. The zero-order valence-electron chi connectivity index (χ0n) is 17.0. The van der Waals surface area contributed by atoms with E-state index in [1.54, 1.807) is 7.11 Å². The molecule has 2 aromatic rings. The van der Waals surface area contributed by atoms with Crippen molar-refractivity contribution >= 4 is 5.91 Å². The lowest BCUT2D eigenvalue weighted by molar-refractivity contribution is -0.135. The molecule has 0 aromatic heterocycles. The number of hydrogen-bond acceptors (Lipinski definition) is 3. The minimum atomic E-state index is 0.0527. The Morgan fingerprint density at radius 3 is 2.54 bits per heavy atom. The summed E-state index contributed by atoms with van der Waals surface area (Å²) in [7, 11) is 1.56. The Hall–Kier alpha value is -2.17. The maximum absolute atomic E-state index is 12.1. The van der Waals surface area contributed by atoms with Crippen molar-refractivity contribution in [1.29, 1.82) is 0 Å². The third-order valence-corrected chi connectivity index (χ3v) is 6.21. The average Bonchev–Trinajstić information content (AvgIpc) is 3.32. The molecule has 1 fully saturated rings. The molecule has 2 aromatic carbocycles. The van der Waals surface area contributed by atoms with Crippen LogP contribution in [0.2, 0.25) is 0 Å². The van der Waals surface area contributed by atoms with Crippen LogP contribution in [-0.4, -0.2) is 48.6 Å². The van der Waals surface area contributed by atoms with E-state index in [9.17, 15) is 4.79 Å². The first-order valence-electron chi connectivity index (χ1n) is 10.4. The molecule has 28 heavy (non-hydrogen) atoms. The number of rotatable bonds is 6. The van der Waals surface area contributed by atoms with Gasteiger partial charge in [-0.15, -0.1) is 0 Å².